The number of hydrogen-bond donors (Lipinski definition) is 0. The van der Waals surface area contributed by atoms with Gasteiger partial charge >= 0.3 is 75.2 Å². The summed E-state index contributed by atoms with van der Waals surface area (Å²) in [5, 5.41) is 0. The summed E-state index contributed by atoms with van der Waals surface area (Å²) in [6.07, 6.45) is 3.19. The summed E-state index contributed by atoms with van der Waals surface area (Å²) in [5.74, 6) is 0. The van der Waals surface area contributed by atoms with Crippen molar-refractivity contribution in [2.24, 2.45) is 0 Å². The first-order valence-electron chi connectivity index (χ1n) is 4.87. The molecule has 0 aliphatic heterocycles. The fourth-order valence-corrected chi connectivity index (χ4v) is 11.5. The quantitative estimate of drug-likeness (QED) is 0.634. The maximum absolute atomic E-state index is 14.0. The molecule has 0 aromatic rings. The van der Waals surface area contributed by atoms with Gasteiger partial charge in [0.2, 0.25) is 0 Å². The van der Waals surface area contributed by atoms with E-state index in [4.69, 9.17) is 0 Å². The molecule has 0 amide bonds. The molecule has 0 bridgehead atoms. The van der Waals surface area contributed by atoms with E-state index in [0.29, 0.717) is 0 Å². The summed E-state index contributed by atoms with van der Waals surface area (Å²) in [5.41, 5.74) is 0. The van der Waals surface area contributed by atoms with Crippen LogP contribution in [-0.2, 0) is 0 Å². The van der Waals surface area contributed by atoms with E-state index in [0.717, 1.165) is 32.6 Å². The van der Waals surface area contributed by atoms with E-state index < -0.39 is 18.9 Å². The second-order valence-corrected chi connectivity index (χ2v) is 14.3. The molecule has 0 fully saturated rings. The SMILES string of the molecule is CC[CH2][Sn]([F])([CH2]CC)[CH2]CC. The fraction of sp³-hybridized carbons (Fsp3) is 1.00. The van der Waals surface area contributed by atoms with E-state index in [1.165, 1.54) is 0 Å². The molecule has 0 aromatic carbocycles. The summed E-state index contributed by atoms with van der Waals surface area (Å²) in [7, 11) is 0. The van der Waals surface area contributed by atoms with E-state index >= 15 is 0 Å². The van der Waals surface area contributed by atoms with E-state index in [9.17, 15) is 2.87 Å². The van der Waals surface area contributed by atoms with Gasteiger partial charge in [0.05, 0.1) is 0 Å². The first kappa shape index (κ1) is 11.7. The van der Waals surface area contributed by atoms with Gasteiger partial charge in [-0.2, -0.15) is 0 Å². The third-order valence-electron chi connectivity index (χ3n) is 2.09. The van der Waals surface area contributed by atoms with Gasteiger partial charge in [-0.1, -0.05) is 0 Å². The Labute approximate surface area is 75.2 Å². The Hall–Kier alpha value is 0.729. The zero-order valence-corrected chi connectivity index (χ0v) is 11.0. The molecule has 0 aliphatic rings. The van der Waals surface area contributed by atoms with Crippen LogP contribution in [0, 0.1) is 0 Å². The van der Waals surface area contributed by atoms with Gasteiger partial charge in [-0.15, -0.1) is 0 Å². The van der Waals surface area contributed by atoms with Crippen molar-refractivity contribution >= 4 is 18.9 Å². The molecular weight excluding hydrogens is 246 g/mol. The van der Waals surface area contributed by atoms with Crippen LogP contribution < -0.4 is 0 Å². The van der Waals surface area contributed by atoms with Crippen LogP contribution in [0.25, 0.3) is 0 Å². The van der Waals surface area contributed by atoms with E-state index in [2.05, 4.69) is 20.8 Å². The number of hydrogen-bond acceptors (Lipinski definition) is 0. The summed E-state index contributed by atoms with van der Waals surface area (Å²) >= 11 is -2.97. The number of halogens is 1. The zero-order valence-electron chi connectivity index (χ0n) is 8.12. The summed E-state index contributed by atoms with van der Waals surface area (Å²) in [4.78, 5) is 0. The molecule has 0 saturated carbocycles. The van der Waals surface area contributed by atoms with Crippen molar-refractivity contribution in [3.05, 3.63) is 0 Å². The monoisotopic (exact) mass is 268 g/mol. The third-order valence-corrected chi connectivity index (χ3v) is 14.0. The molecule has 0 radical (unpaired) electrons. The van der Waals surface area contributed by atoms with Crippen molar-refractivity contribution in [2.45, 2.75) is 53.3 Å². The molecule has 0 saturated heterocycles. The molecule has 11 heavy (non-hydrogen) atoms. The van der Waals surface area contributed by atoms with Gasteiger partial charge in [0, 0.05) is 0 Å². The number of rotatable bonds is 6. The minimum atomic E-state index is -2.97. The van der Waals surface area contributed by atoms with Gasteiger partial charge < -0.3 is 0 Å². The first-order chi connectivity index (χ1) is 5.18. The zero-order chi connectivity index (χ0) is 8.74. The molecule has 0 heterocycles. The summed E-state index contributed by atoms with van der Waals surface area (Å²) in [6, 6.07) is 0. The van der Waals surface area contributed by atoms with Crippen LogP contribution in [0.4, 0.5) is 2.87 Å². The fourth-order valence-electron chi connectivity index (χ4n) is 1.72. The van der Waals surface area contributed by atoms with Crippen molar-refractivity contribution in [1.82, 2.24) is 0 Å². The van der Waals surface area contributed by atoms with Gasteiger partial charge in [-0.3, -0.25) is 0 Å². The van der Waals surface area contributed by atoms with Gasteiger partial charge in [0.15, 0.2) is 0 Å². The van der Waals surface area contributed by atoms with Gasteiger partial charge in [0.1, 0.15) is 0 Å². The molecule has 0 aromatic heterocycles. The second kappa shape index (κ2) is 6.27. The summed E-state index contributed by atoms with van der Waals surface area (Å²) < 4.78 is 16.9. The van der Waals surface area contributed by atoms with Crippen molar-refractivity contribution in [3.8, 4) is 0 Å². The second-order valence-electron chi connectivity index (χ2n) is 3.40. The Bertz CT molecular complexity index is 76.5. The molecule has 0 unspecified atom stereocenters. The predicted octanol–water partition coefficient (Wildman–Crippen LogP) is 4.13. The average Bonchev–Trinajstić information content (AvgIpc) is 1.88. The van der Waals surface area contributed by atoms with Crippen LogP contribution in [0.5, 0.6) is 0 Å². The predicted molar refractivity (Wildman–Crippen MR) is 52.2 cm³/mol. The minimum absolute atomic E-state index is 0.955. The Balaban J connectivity index is 3.79. The van der Waals surface area contributed by atoms with Crippen LogP contribution in [0.15, 0.2) is 0 Å². The van der Waals surface area contributed by atoms with E-state index in [1.54, 1.807) is 0 Å². The Morgan fingerprint density at radius 2 is 1.09 bits per heavy atom. The standard InChI is InChI=1S/3C3H7.FH.Sn/c3*1-3-2;;/h3*1,3H2,2H3;1H;/q;;;;+1/p-1. The molecule has 0 aliphatic carbocycles. The van der Waals surface area contributed by atoms with E-state index in [1.807, 2.05) is 0 Å². The molecule has 0 N–H and O–H groups in total. The van der Waals surface area contributed by atoms with Crippen molar-refractivity contribution in [1.29, 1.82) is 0 Å². The van der Waals surface area contributed by atoms with Crippen molar-refractivity contribution in [3.63, 3.8) is 0 Å². The molecule has 0 atom stereocenters. The van der Waals surface area contributed by atoms with Gasteiger partial charge in [-0.05, 0) is 0 Å². The van der Waals surface area contributed by atoms with Crippen molar-refractivity contribution in [2.75, 3.05) is 0 Å². The van der Waals surface area contributed by atoms with Crippen LogP contribution in [0.3, 0.4) is 0 Å². The van der Waals surface area contributed by atoms with Gasteiger partial charge in [-0.25, -0.2) is 0 Å². The third kappa shape index (κ3) is 5.05. The van der Waals surface area contributed by atoms with Gasteiger partial charge in [0.25, 0.3) is 0 Å². The Morgan fingerprint density at radius 1 is 0.818 bits per heavy atom. The van der Waals surface area contributed by atoms with Crippen molar-refractivity contribution < 1.29 is 2.87 Å². The molecule has 2 heteroatoms. The molecule has 0 spiro atoms. The molecule has 0 rings (SSSR count). The first-order valence-corrected chi connectivity index (χ1v) is 12.0. The van der Waals surface area contributed by atoms with Crippen LogP contribution in [-0.4, -0.2) is 18.9 Å². The van der Waals surface area contributed by atoms with Crippen LogP contribution in [0.2, 0.25) is 13.3 Å². The van der Waals surface area contributed by atoms with E-state index in [-0.39, 0.29) is 0 Å². The Morgan fingerprint density at radius 3 is 1.27 bits per heavy atom. The average molecular weight is 267 g/mol. The van der Waals surface area contributed by atoms with Crippen LogP contribution >= 0.6 is 0 Å². The molecule has 0 nitrogen and oxygen atoms in total. The summed E-state index contributed by atoms with van der Waals surface area (Å²) in [6.45, 7) is 6.32. The maximum atomic E-state index is 14.0. The molecule has 68 valence electrons. The topological polar surface area (TPSA) is 0 Å². The Kier molecular flexibility index (Phi) is 6.68. The molecular formula is C9H21FSn. The van der Waals surface area contributed by atoms with Crippen LogP contribution in [0.1, 0.15) is 40.0 Å². The normalized spacial score (nSPS) is 12.0.